The number of carboxylic acids is 2. The fourth-order valence-electron chi connectivity index (χ4n) is 3.56. The van der Waals surface area contributed by atoms with E-state index in [9.17, 15) is 29.1 Å². The highest BCUT2D eigenvalue weighted by molar-refractivity contribution is 7.98. The van der Waals surface area contributed by atoms with Crippen LogP contribution in [0.3, 0.4) is 0 Å². The summed E-state index contributed by atoms with van der Waals surface area (Å²) in [6.45, 7) is 0.140. The van der Waals surface area contributed by atoms with Crippen LogP contribution in [0.1, 0.15) is 37.7 Å². The Morgan fingerprint density at radius 2 is 1.48 bits per heavy atom. The molecule has 0 saturated carbocycles. The molecule has 0 spiro atoms. The quantitative estimate of drug-likeness (QED) is 0.0545. The predicted octanol–water partition coefficient (Wildman–Crippen LogP) is -1.23. The lowest BCUT2D eigenvalue weighted by atomic mass is 10.0. The van der Waals surface area contributed by atoms with Crippen LogP contribution in [0, 0.1) is 0 Å². The number of carbonyl (C=O) groups excluding carboxylic acids is 3. The molecule has 3 amide bonds. The van der Waals surface area contributed by atoms with E-state index in [0.29, 0.717) is 12.2 Å². The SMILES string of the molecule is CSCCC(N)C(=O)NC(Cc1ccccc1)C(=O)NC(CCC(=O)O)C(=O)NC(CCCN=C(N)N)C(=O)O. The molecular weight excluding hydrogens is 542 g/mol. The standard InChI is InChI=1S/C25H39N7O7S/c1-40-13-11-16(26)21(35)32-19(14-15-6-3-2-4-7-15)23(37)30-17(9-10-20(33)34)22(36)31-18(24(38)39)8-5-12-29-25(27)28/h2-4,6-7,16-19H,5,8-14,26H2,1H3,(H,30,37)(H,31,36)(H,32,35)(H,33,34)(H,38,39)(H4,27,28,29). The largest absolute Gasteiger partial charge is 0.481 e. The molecule has 11 N–H and O–H groups in total. The summed E-state index contributed by atoms with van der Waals surface area (Å²) in [5, 5.41) is 26.1. The number of amides is 3. The van der Waals surface area contributed by atoms with E-state index < -0.39 is 60.2 Å². The number of aliphatic carboxylic acids is 2. The van der Waals surface area contributed by atoms with Crippen LogP contribution in [0.4, 0.5) is 0 Å². The Kier molecular flexibility index (Phi) is 15.8. The molecule has 0 aliphatic rings. The molecule has 0 aromatic heterocycles. The molecule has 0 aliphatic carbocycles. The monoisotopic (exact) mass is 581 g/mol. The smallest absolute Gasteiger partial charge is 0.326 e. The minimum absolute atomic E-state index is 0.0158. The van der Waals surface area contributed by atoms with Crippen LogP contribution in [0.15, 0.2) is 35.3 Å². The third kappa shape index (κ3) is 13.8. The molecule has 15 heteroatoms. The van der Waals surface area contributed by atoms with Crippen molar-refractivity contribution < 1.29 is 34.2 Å². The molecule has 0 fully saturated rings. The highest BCUT2D eigenvalue weighted by atomic mass is 32.2. The molecule has 14 nitrogen and oxygen atoms in total. The Bertz CT molecular complexity index is 1020. The van der Waals surface area contributed by atoms with Crippen LogP contribution >= 0.6 is 11.8 Å². The number of thioether (sulfide) groups is 1. The van der Waals surface area contributed by atoms with Gasteiger partial charge in [0.15, 0.2) is 5.96 Å². The van der Waals surface area contributed by atoms with Crippen molar-refractivity contribution in [3.8, 4) is 0 Å². The van der Waals surface area contributed by atoms with Crippen LogP contribution in [0.2, 0.25) is 0 Å². The van der Waals surface area contributed by atoms with Crippen molar-refractivity contribution in [3.63, 3.8) is 0 Å². The van der Waals surface area contributed by atoms with Crippen molar-refractivity contribution in [1.29, 1.82) is 0 Å². The zero-order chi connectivity index (χ0) is 30.1. The van der Waals surface area contributed by atoms with Crippen LogP contribution in [-0.2, 0) is 30.4 Å². The van der Waals surface area contributed by atoms with Crippen molar-refractivity contribution in [2.75, 3.05) is 18.6 Å². The number of nitrogens with one attached hydrogen (secondary N) is 3. The fraction of sp³-hybridized carbons (Fsp3) is 0.520. The van der Waals surface area contributed by atoms with Gasteiger partial charge >= 0.3 is 11.9 Å². The number of benzene rings is 1. The lowest BCUT2D eigenvalue weighted by Gasteiger charge is -2.25. The van der Waals surface area contributed by atoms with Gasteiger partial charge in [0.2, 0.25) is 17.7 Å². The Morgan fingerprint density at radius 1 is 0.875 bits per heavy atom. The van der Waals surface area contributed by atoms with Crippen LogP contribution in [0.5, 0.6) is 0 Å². The molecule has 0 heterocycles. The minimum atomic E-state index is -1.39. The number of nitrogens with zero attached hydrogens (tertiary/aromatic N) is 1. The van der Waals surface area contributed by atoms with E-state index in [2.05, 4.69) is 20.9 Å². The summed E-state index contributed by atoms with van der Waals surface area (Å²) >= 11 is 1.52. The first-order valence-electron chi connectivity index (χ1n) is 12.6. The highest BCUT2D eigenvalue weighted by Gasteiger charge is 2.30. The number of nitrogens with two attached hydrogens (primary N) is 3. The van der Waals surface area contributed by atoms with E-state index in [1.165, 1.54) is 11.8 Å². The summed E-state index contributed by atoms with van der Waals surface area (Å²) < 4.78 is 0. The summed E-state index contributed by atoms with van der Waals surface area (Å²) in [5.74, 6) is -4.25. The Hall–Kier alpha value is -3.85. The van der Waals surface area contributed by atoms with Crippen molar-refractivity contribution in [2.24, 2.45) is 22.2 Å². The third-order valence-electron chi connectivity index (χ3n) is 5.73. The molecule has 0 aliphatic heterocycles. The number of carbonyl (C=O) groups is 5. The average Bonchev–Trinajstić information content (AvgIpc) is 2.90. The number of rotatable bonds is 19. The van der Waals surface area contributed by atoms with E-state index in [4.69, 9.17) is 22.3 Å². The molecular formula is C25H39N7O7S. The van der Waals surface area contributed by atoms with Gasteiger partial charge in [0.25, 0.3) is 0 Å². The molecule has 0 radical (unpaired) electrons. The van der Waals surface area contributed by atoms with E-state index in [0.717, 1.165) is 5.56 Å². The van der Waals surface area contributed by atoms with Gasteiger partial charge in [-0.25, -0.2) is 4.79 Å². The summed E-state index contributed by atoms with van der Waals surface area (Å²) in [6.07, 6.45) is 1.76. The normalized spacial score (nSPS) is 13.7. The first-order valence-corrected chi connectivity index (χ1v) is 14.0. The van der Waals surface area contributed by atoms with Crippen LogP contribution in [-0.4, -0.2) is 88.6 Å². The number of hydrogen-bond acceptors (Lipinski definition) is 8. The van der Waals surface area contributed by atoms with Gasteiger partial charge in [0, 0.05) is 19.4 Å². The van der Waals surface area contributed by atoms with Crippen molar-refractivity contribution in [2.45, 2.75) is 62.7 Å². The molecule has 4 atom stereocenters. The van der Waals surface area contributed by atoms with Crippen molar-refractivity contribution >= 4 is 47.4 Å². The molecule has 40 heavy (non-hydrogen) atoms. The Balaban J connectivity index is 3.08. The zero-order valence-corrected chi connectivity index (χ0v) is 23.2. The summed E-state index contributed by atoms with van der Waals surface area (Å²) in [6, 6.07) is 4.12. The lowest BCUT2D eigenvalue weighted by molar-refractivity contribution is -0.143. The minimum Gasteiger partial charge on any atom is -0.481 e. The maximum atomic E-state index is 13.3. The molecule has 1 aromatic rings. The van der Waals surface area contributed by atoms with E-state index >= 15 is 0 Å². The van der Waals surface area contributed by atoms with Gasteiger partial charge in [-0.15, -0.1) is 0 Å². The molecule has 1 aromatic carbocycles. The van der Waals surface area contributed by atoms with E-state index in [1.807, 2.05) is 6.26 Å². The fourth-order valence-corrected chi connectivity index (χ4v) is 4.05. The van der Waals surface area contributed by atoms with Gasteiger partial charge in [-0.2, -0.15) is 11.8 Å². The van der Waals surface area contributed by atoms with Gasteiger partial charge < -0.3 is 43.4 Å². The molecule has 4 unspecified atom stereocenters. The lowest BCUT2D eigenvalue weighted by Crippen LogP contribution is -2.57. The number of hydrogen-bond donors (Lipinski definition) is 8. The highest BCUT2D eigenvalue weighted by Crippen LogP contribution is 2.08. The Labute approximate surface area is 236 Å². The number of carboxylic acid groups (broad SMARTS) is 2. The number of guanidine groups is 1. The maximum absolute atomic E-state index is 13.3. The van der Waals surface area contributed by atoms with Crippen LogP contribution < -0.4 is 33.2 Å². The van der Waals surface area contributed by atoms with Crippen molar-refractivity contribution in [3.05, 3.63) is 35.9 Å². The first-order chi connectivity index (χ1) is 18.9. The van der Waals surface area contributed by atoms with E-state index in [1.54, 1.807) is 30.3 Å². The van der Waals surface area contributed by atoms with Gasteiger partial charge in [-0.1, -0.05) is 30.3 Å². The second-order valence-electron chi connectivity index (χ2n) is 8.98. The molecule has 1 rings (SSSR count). The second kappa shape index (κ2) is 18.4. The molecule has 0 saturated heterocycles. The van der Waals surface area contributed by atoms with Crippen molar-refractivity contribution in [1.82, 2.24) is 16.0 Å². The van der Waals surface area contributed by atoms with Crippen LogP contribution in [0.25, 0.3) is 0 Å². The summed E-state index contributed by atoms with van der Waals surface area (Å²) in [5.41, 5.74) is 17.2. The predicted molar refractivity (Wildman–Crippen MR) is 151 cm³/mol. The van der Waals surface area contributed by atoms with Gasteiger partial charge in [0.05, 0.1) is 6.04 Å². The second-order valence-corrected chi connectivity index (χ2v) is 9.97. The first kappa shape index (κ1) is 34.2. The molecule has 222 valence electrons. The Morgan fingerprint density at radius 3 is 2.05 bits per heavy atom. The van der Waals surface area contributed by atoms with E-state index in [-0.39, 0.29) is 38.2 Å². The van der Waals surface area contributed by atoms with Gasteiger partial charge in [-0.05, 0) is 43.3 Å². The maximum Gasteiger partial charge on any atom is 0.326 e. The summed E-state index contributed by atoms with van der Waals surface area (Å²) in [7, 11) is 0. The van der Waals surface area contributed by atoms with Gasteiger partial charge in [0.1, 0.15) is 18.1 Å². The average molecular weight is 582 g/mol. The molecule has 0 bridgehead atoms. The summed E-state index contributed by atoms with van der Waals surface area (Å²) in [4.78, 5) is 65.7. The van der Waals surface area contributed by atoms with Gasteiger partial charge in [-0.3, -0.25) is 24.2 Å². The topological polar surface area (TPSA) is 252 Å². The number of aliphatic imine (C=N–C) groups is 1. The zero-order valence-electron chi connectivity index (χ0n) is 22.4. The third-order valence-corrected chi connectivity index (χ3v) is 6.37.